The van der Waals surface area contributed by atoms with Crippen LogP contribution >= 0.6 is 0 Å². The quantitative estimate of drug-likeness (QED) is 0.560. The summed E-state index contributed by atoms with van der Waals surface area (Å²) in [4.78, 5) is 0. The van der Waals surface area contributed by atoms with Crippen molar-refractivity contribution in [3.8, 4) is 0 Å². The average Bonchev–Trinajstić information content (AvgIpc) is 2.31. The van der Waals surface area contributed by atoms with Gasteiger partial charge in [-0.2, -0.15) is 0 Å². The predicted molar refractivity (Wildman–Crippen MR) is 57.9 cm³/mol. The molecule has 0 unspecified atom stereocenters. The smallest absolute Gasteiger partial charge is 0.0225 e. The second-order valence-corrected chi connectivity index (χ2v) is 3.93. The van der Waals surface area contributed by atoms with Crippen molar-refractivity contribution in [1.82, 2.24) is 0 Å². The summed E-state index contributed by atoms with van der Waals surface area (Å²) >= 11 is 0. The van der Waals surface area contributed by atoms with Gasteiger partial charge in [-0.05, 0) is 55.4 Å². The van der Waals surface area contributed by atoms with Crippen molar-refractivity contribution in [1.29, 1.82) is 0 Å². The van der Waals surface area contributed by atoms with Gasteiger partial charge < -0.3 is 0 Å². The van der Waals surface area contributed by atoms with Crippen LogP contribution in [0.1, 0.15) is 35.1 Å². The molecule has 0 saturated heterocycles. The molecular weight excluding hydrogens is 156 g/mol. The van der Waals surface area contributed by atoms with Crippen LogP contribution in [-0.4, -0.2) is 0 Å². The van der Waals surface area contributed by atoms with Crippen molar-refractivity contribution in [3.63, 3.8) is 0 Å². The summed E-state index contributed by atoms with van der Waals surface area (Å²) in [5, 5.41) is 0. The third kappa shape index (κ3) is 1.67. The van der Waals surface area contributed by atoms with Gasteiger partial charge in [-0.15, -0.1) is 0 Å². The number of rotatable bonds is 0. The Morgan fingerprint density at radius 2 is 1.85 bits per heavy atom. The van der Waals surface area contributed by atoms with E-state index in [-0.39, 0.29) is 0 Å². The first kappa shape index (κ1) is 8.55. The highest BCUT2D eigenvalue weighted by atomic mass is 14.1. The number of hydrogen-bond acceptors (Lipinski definition) is 0. The highest BCUT2D eigenvalue weighted by molar-refractivity contribution is 5.57. The summed E-state index contributed by atoms with van der Waals surface area (Å²) in [6.07, 6.45) is 8.33. The van der Waals surface area contributed by atoms with E-state index in [4.69, 9.17) is 0 Å². The summed E-state index contributed by atoms with van der Waals surface area (Å²) in [7, 11) is 0. The Balaban J connectivity index is 2.52. The molecule has 1 aromatic rings. The van der Waals surface area contributed by atoms with Gasteiger partial charge in [0.05, 0.1) is 0 Å². The molecule has 0 spiro atoms. The van der Waals surface area contributed by atoms with Crippen LogP contribution in [0.3, 0.4) is 0 Å². The van der Waals surface area contributed by atoms with Crippen LogP contribution in [0.2, 0.25) is 0 Å². The zero-order chi connectivity index (χ0) is 9.26. The lowest BCUT2D eigenvalue weighted by atomic mass is 9.98. The van der Waals surface area contributed by atoms with Crippen molar-refractivity contribution >= 4 is 6.08 Å². The van der Waals surface area contributed by atoms with Crippen LogP contribution in [-0.2, 0) is 6.42 Å². The first-order chi connectivity index (χ1) is 6.27. The fourth-order valence-corrected chi connectivity index (χ4v) is 1.89. The van der Waals surface area contributed by atoms with E-state index in [1.54, 1.807) is 0 Å². The average molecular weight is 172 g/mol. The lowest BCUT2D eigenvalue weighted by Crippen LogP contribution is -1.91. The molecule has 0 aromatic heterocycles. The Bertz CT molecular complexity index is 345. The minimum Gasteiger partial charge on any atom is -0.0839 e. The summed E-state index contributed by atoms with van der Waals surface area (Å²) < 4.78 is 0. The molecular formula is C13H16. The van der Waals surface area contributed by atoms with Gasteiger partial charge >= 0.3 is 0 Å². The van der Waals surface area contributed by atoms with Crippen LogP contribution in [0.15, 0.2) is 18.2 Å². The van der Waals surface area contributed by atoms with E-state index in [1.807, 2.05) is 0 Å². The molecule has 2 rings (SSSR count). The third-order valence-electron chi connectivity index (χ3n) is 2.87. The topological polar surface area (TPSA) is 0 Å². The maximum Gasteiger partial charge on any atom is -0.0225 e. The van der Waals surface area contributed by atoms with Gasteiger partial charge in [0.15, 0.2) is 0 Å². The second-order valence-electron chi connectivity index (χ2n) is 3.93. The summed E-state index contributed by atoms with van der Waals surface area (Å²) in [5.41, 5.74) is 5.79. The molecule has 1 aliphatic rings. The van der Waals surface area contributed by atoms with Gasteiger partial charge in [0.2, 0.25) is 0 Å². The fraction of sp³-hybridized carbons (Fsp3) is 0.385. The van der Waals surface area contributed by atoms with Gasteiger partial charge in [0.25, 0.3) is 0 Å². The van der Waals surface area contributed by atoms with Crippen molar-refractivity contribution < 1.29 is 0 Å². The van der Waals surface area contributed by atoms with E-state index in [2.05, 4.69) is 38.1 Å². The highest BCUT2D eigenvalue weighted by Crippen LogP contribution is 2.22. The first-order valence-corrected chi connectivity index (χ1v) is 5.04. The van der Waals surface area contributed by atoms with Crippen LogP contribution < -0.4 is 0 Å². The Morgan fingerprint density at radius 1 is 1.08 bits per heavy atom. The third-order valence-corrected chi connectivity index (χ3v) is 2.87. The van der Waals surface area contributed by atoms with Crippen molar-refractivity contribution in [2.45, 2.75) is 33.1 Å². The molecule has 0 heterocycles. The SMILES string of the molecule is Cc1cc2c(cc1C)CCCC=C2. The number of hydrogen-bond donors (Lipinski definition) is 0. The van der Waals surface area contributed by atoms with Gasteiger partial charge in [-0.3, -0.25) is 0 Å². The standard InChI is InChI=1S/C13H16/c1-10-8-12-6-4-3-5-7-13(12)9-11(10)2/h4,6,8-9H,3,5,7H2,1-2H3. The largest absolute Gasteiger partial charge is 0.0839 e. The monoisotopic (exact) mass is 172 g/mol. The van der Waals surface area contributed by atoms with E-state index in [0.29, 0.717) is 0 Å². The van der Waals surface area contributed by atoms with Crippen LogP contribution in [0.4, 0.5) is 0 Å². The van der Waals surface area contributed by atoms with Gasteiger partial charge in [0, 0.05) is 0 Å². The zero-order valence-electron chi connectivity index (χ0n) is 8.43. The van der Waals surface area contributed by atoms with Crippen molar-refractivity contribution in [2.75, 3.05) is 0 Å². The van der Waals surface area contributed by atoms with E-state index < -0.39 is 0 Å². The zero-order valence-corrected chi connectivity index (χ0v) is 8.43. The second kappa shape index (κ2) is 3.37. The fourth-order valence-electron chi connectivity index (χ4n) is 1.89. The molecule has 13 heavy (non-hydrogen) atoms. The van der Waals surface area contributed by atoms with E-state index in [0.717, 1.165) is 0 Å². The van der Waals surface area contributed by atoms with E-state index >= 15 is 0 Å². The summed E-state index contributed by atoms with van der Waals surface area (Å²) in [6, 6.07) is 4.66. The van der Waals surface area contributed by atoms with Gasteiger partial charge in [-0.25, -0.2) is 0 Å². The minimum atomic E-state index is 1.23. The van der Waals surface area contributed by atoms with Crippen LogP contribution in [0.5, 0.6) is 0 Å². The van der Waals surface area contributed by atoms with Gasteiger partial charge in [0.1, 0.15) is 0 Å². The summed E-state index contributed by atoms with van der Waals surface area (Å²) in [5.74, 6) is 0. The predicted octanol–water partition coefficient (Wildman–Crippen LogP) is 3.65. The molecule has 0 atom stereocenters. The molecule has 0 amide bonds. The molecule has 0 N–H and O–H groups in total. The van der Waals surface area contributed by atoms with Gasteiger partial charge in [-0.1, -0.05) is 24.3 Å². The van der Waals surface area contributed by atoms with Crippen molar-refractivity contribution in [2.24, 2.45) is 0 Å². The Kier molecular flexibility index (Phi) is 2.22. The lowest BCUT2D eigenvalue weighted by molar-refractivity contribution is 0.850. The molecule has 0 bridgehead atoms. The number of fused-ring (bicyclic) bond motifs is 1. The Hall–Kier alpha value is -1.04. The summed E-state index contributed by atoms with van der Waals surface area (Å²) in [6.45, 7) is 4.39. The molecule has 0 saturated carbocycles. The molecule has 1 aromatic carbocycles. The van der Waals surface area contributed by atoms with Crippen LogP contribution in [0, 0.1) is 13.8 Å². The molecule has 0 aliphatic heterocycles. The first-order valence-electron chi connectivity index (χ1n) is 5.04. The van der Waals surface area contributed by atoms with E-state index in [9.17, 15) is 0 Å². The molecule has 0 radical (unpaired) electrons. The maximum absolute atomic E-state index is 2.35. The Morgan fingerprint density at radius 3 is 2.69 bits per heavy atom. The molecule has 0 heteroatoms. The molecule has 1 aliphatic carbocycles. The maximum atomic E-state index is 2.35. The molecule has 0 nitrogen and oxygen atoms in total. The van der Waals surface area contributed by atoms with Crippen LogP contribution in [0.25, 0.3) is 6.08 Å². The van der Waals surface area contributed by atoms with Crippen molar-refractivity contribution in [3.05, 3.63) is 40.5 Å². The lowest BCUT2D eigenvalue weighted by Gasteiger charge is -2.07. The highest BCUT2D eigenvalue weighted by Gasteiger charge is 2.05. The number of benzene rings is 1. The molecule has 68 valence electrons. The number of allylic oxidation sites excluding steroid dienone is 1. The Labute approximate surface area is 80.3 Å². The molecule has 0 fully saturated rings. The van der Waals surface area contributed by atoms with E-state index in [1.165, 1.54) is 41.5 Å². The minimum absolute atomic E-state index is 1.23. The number of aryl methyl sites for hydroxylation is 3. The normalized spacial score (nSPS) is 15.2.